The lowest BCUT2D eigenvalue weighted by atomic mass is 9.88. The van der Waals surface area contributed by atoms with Crippen LogP contribution in [-0.2, 0) is 0 Å². The Hall–Kier alpha value is -1.78. The summed E-state index contributed by atoms with van der Waals surface area (Å²) in [4.78, 5) is 2.50. The predicted molar refractivity (Wildman–Crippen MR) is 93.7 cm³/mol. The number of hydrogen-bond donors (Lipinski definition) is 1. The van der Waals surface area contributed by atoms with Gasteiger partial charge in [0.05, 0.1) is 12.2 Å². The first-order valence-electron chi connectivity index (χ1n) is 8.46. The molecule has 0 radical (unpaired) electrons. The molecule has 0 unspecified atom stereocenters. The van der Waals surface area contributed by atoms with Gasteiger partial charge in [0.25, 0.3) is 0 Å². The minimum Gasteiger partial charge on any atom is -0.490 e. The average molecular weight is 345 g/mol. The highest BCUT2D eigenvalue weighted by Gasteiger charge is 2.43. The second kappa shape index (κ2) is 5.36. The molecule has 0 aromatic heterocycles. The minimum atomic E-state index is -0.293. The summed E-state index contributed by atoms with van der Waals surface area (Å²) >= 11 is 5.90. The molecule has 2 aromatic carbocycles. The lowest BCUT2D eigenvalue weighted by Crippen LogP contribution is -2.46. The van der Waals surface area contributed by atoms with Gasteiger partial charge in [-0.25, -0.2) is 4.39 Å². The Morgan fingerprint density at radius 2 is 2.17 bits per heavy atom. The number of fused-ring (bicyclic) bond motifs is 3. The van der Waals surface area contributed by atoms with Crippen LogP contribution in [-0.4, -0.2) is 32.3 Å². The second-order valence-electron chi connectivity index (χ2n) is 6.74. The molecule has 5 heteroatoms. The molecule has 0 bridgehead atoms. The summed E-state index contributed by atoms with van der Waals surface area (Å²) in [5.74, 6) is 1.04. The summed E-state index contributed by atoms with van der Waals surface area (Å²) in [6.45, 7) is 3.66. The highest BCUT2D eigenvalue weighted by molar-refractivity contribution is 6.30. The topological polar surface area (TPSA) is 24.5 Å². The molecule has 24 heavy (non-hydrogen) atoms. The summed E-state index contributed by atoms with van der Waals surface area (Å²) in [6, 6.07) is 9.50. The lowest BCUT2D eigenvalue weighted by Gasteiger charge is -2.36. The number of benzene rings is 2. The smallest absolute Gasteiger partial charge is 0.143 e. The Kier molecular flexibility index (Phi) is 3.25. The van der Waals surface area contributed by atoms with Crippen LogP contribution in [0.3, 0.4) is 0 Å². The molecule has 3 aliphatic rings. The van der Waals surface area contributed by atoms with Crippen LogP contribution in [0.5, 0.6) is 5.75 Å². The standard InChI is InChI=1S/C19H18ClFN2O/c20-12-1-2-13(16(21)9-12)11-7-14-15-10-22-4-3-17(15)23-5-6-24-18(8-11)19(14)23/h1-2,7-9,15,17,22H,3-6,10H2/t15-,17-/m0/s1. The van der Waals surface area contributed by atoms with Crippen molar-refractivity contribution in [2.45, 2.75) is 18.4 Å². The maximum atomic E-state index is 14.4. The van der Waals surface area contributed by atoms with Crippen LogP contribution in [0, 0.1) is 5.82 Å². The molecule has 2 aromatic rings. The fourth-order valence-electron chi connectivity index (χ4n) is 4.44. The third kappa shape index (κ3) is 2.06. The van der Waals surface area contributed by atoms with Gasteiger partial charge >= 0.3 is 0 Å². The highest BCUT2D eigenvalue weighted by atomic mass is 35.5. The van der Waals surface area contributed by atoms with E-state index < -0.39 is 0 Å². The number of nitrogens with one attached hydrogen (secondary N) is 1. The van der Waals surface area contributed by atoms with E-state index in [1.807, 2.05) is 6.07 Å². The van der Waals surface area contributed by atoms with Gasteiger partial charge in [-0.1, -0.05) is 11.6 Å². The van der Waals surface area contributed by atoms with E-state index in [9.17, 15) is 4.39 Å². The molecule has 1 saturated heterocycles. The van der Waals surface area contributed by atoms with E-state index in [-0.39, 0.29) is 5.82 Å². The van der Waals surface area contributed by atoms with Crippen LogP contribution in [0.25, 0.3) is 11.1 Å². The van der Waals surface area contributed by atoms with Gasteiger partial charge in [-0.3, -0.25) is 0 Å². The van der Waals surface area contributed by atoms with Crippen LogP contribution in [0.15, 0.2) is 30.3 Å². The van der Waals surface area contributed by atoms with E-state index in [4.69, 9.17) is 16.3 Å². The van der Waals surface area contributed by atoms with Crippen molar-refractivity contribution in [2.24, 2.45) is 0 Å². The minimum absolute atomic E-state index is 0.293. The Bertz CT molecular complexity index is 825. The quantitative estimate of drug-likeness (QED) is 0.851. The highest BCUT2D eigenvalue weighted by Crippen LogP contribution is 2.51. The molecule has 3 aliphatic heterocycles. The third-order valence-electron chi connectivity index (χ3n) is 5.47. The fraction of sp³-hybridized carbons (Fsp3) is 0.368. The van der Waals surface area contributed by atoms with Crippen molar-refractivity contribution in [2.75, 3.05) is 31.1 Å². The molecule has 2 atom stereocenters. The first-order chi connectivity index (χ1) is 11.7. The summed E-state index contributed by atoms with van der Waals surface area (Å²) in [5.41, 5.74) is 3.95. The molecule has 0 spiro atoms. The second-order valence-corrected chi connectivity index (χ2v) is 7.18. The van der Waals surface area contributed by atoms with Crippen molar-refractivity contribution in [3.05, 3.63) is 46.7 Å². The molecule has 3 nitrogen and oxygen atoms in total. The molecule has 0 aliphatic carbocycles. The number of anilines is 1. The average Bonchev–Trinajstić information content (AvgIpc) is 2.91. The molecule has 1 N–H and O–H groups in total. The van der Waals surface area contributed by atoms with Gasteiger partial charge in [-0.05, 0) is 54.4 Å². The summed E-state index contributed by atoms with van der Waals surface area (Å²) in [5, 5.41) is 3.92. The zero-order chi connectivity index (χ0) is 16.3. The number of ether oxygens (including phenoxy) is 1. The number of halogens is 2. The van der Waals surface area contributed by atoms with Crippen molar-refractivity contribution in [1.82, 2.24) is 5.32 Å². The van der Waals surface area contributed by atoms with Crippen molar-refractivity contribution < 1.29 is 9.13 Å². The van der Waals surface area contributed by atoms with E-state index >= 15 is 0 Å². The van der Waals surface area contributed by atoms with Crippen LogP contribution in [0.4, 0.5) is 10.1 Å². The Morgan fingerprint density at radius 3 is 3.04 bits per heavy atom. The maximum Gasteiger partial charge on any atom is 0.143 e. The van der Waals surface area contributed by atoms with Gasteiger partial charge in [-0.15, -0.1) is 0 Å². The number of nitrogens with zero attached hydrogens (tertiary/aromatic N) is 1. The summed E-state index contributed by atoms with van der Waals surface area (Å²) < 4.78 is 20.3. The van der Waals surface area contributed by atoms with Crippen LogP contribution in [0.2, 0.25) is 5.02 Å². The van der Waals surface area contributed by atoms with E-state index in [0.717, 1.165) is 37.4 Å². The van der Waals surface area contributed by atoms with Crippen molar-refractivity contribution in [1.29, 1.82) is 0 Å². The Labute approximate surface area is 145 Å². The predicted octanol–water partition coefficient (Wildman–Crippen LogP) is 3.80. The van der Waals surface area contributed by atoms with Gasteiger partial charge < -0.3 is 15.0 Å². The molecular formula is C19H18ClFN2O. The Balaban J connectivity index is 1.68. The van der Waals surface area contributed by atoms with E-state index in [2.05, 4.69) is 16.3 Å². The molecule has 1 fully saturated rings. The van der Waals surface area contributed by atoms with E-state index in [0.29, 0.717) is 29.2 Å². The number of hydrogen-bond acceptors (Lipinski definition) is 3. The Morgan fingerprint density at radius 1 is 1.25 bits per heavy atom. The summed E-state index contributed by atoms with van der Waals surface area (Å²) in [6.07, 6.45) is 1.14. The van der Waals surface area contributed by atoms with Gasteiger partial charge in [0, 0.05) is 29.1 Å². The molecule has 0 amide bonds. The molecule has 5 rings (SSSR count). The van der Waals surface area contributed by atoms with Crippen molar-refractivity contribution in [3.63, 3.8) is 0 Å². The van der Waals surface area contributed by atoms with Crippen molar-refractivity contribution in [3.8, 4) is 16.9 Å². The van der Waals surface area contributed by atoms with Crippen LogP contribution in [0.1, 0.15) is 17.9 Å². The monoisotopic (exact) mass is 344 g/mol. The molecule has 3 heterocycles. The van der Waals surface area contributed by atoms with Crippen LogP contribution < -0.4 is 15.0 Å². The van der Waals surface area contributed by atoms with Gasteiger partial charge in [0.2, 0.25) is 0 Å². The SMILES string of the molecule is Fc1cc(Cl)ccc1-c1cc2c3c(c1)[C@@H]1CNCC[C@@H]1N3CCO2. The number of piperidine rings is 1. The zero-order valence-electron chi connectivity index (χ0n) is 13.2. The maximum absolute atomic E-state index is 14.4. The van der Waals surface area contributed by atoms with Gasteiger partial charge in [0.1, 0.15) is 18.2 Å². The van der Waals surface area contributed by atoms with Gasteiger partial charge in [0.15, 0.2) is 0 Å². The van der Waals surface area contributed by atoms with E-state index in [1.54, 1.807) is 12.1 Å². The molecule has 0 saturated carbocycles. The summed E-state index contributed by atoms with van der Waals surface area (Å²) in [7, 11) is 0. The zero-order valence-corrected chi connectivity index (χ0v) is 13.9. The molecular weight excluding hydrogens is 327 g/mol. The van der Waals surface area contributed by atoms with Crippen molar-refractivity contribution >= 4 is 17.3 Å². The van der Waals surface area contributed by atoms with Crippen LogP contribution >= 0.6 is 11.6 Å². The third-order valence-corrected chi connectivity index (χ3v) is 5.70. The normalized spacial score (nSPS) is 24.3. The fourth-order valence-corrected chi connectivity index (χ4v) is 4.60. The largest absolute Gasteiger partial charge is 0.490 e. The van der Waals surface area contributed by atoms with E-state index in [1.165, 1.54) is 17.3 Å². The number of rotatable bonds is 1. The van der Waals surface area contributed by atoms with Gasteiger partial charge in [-0.2, -0.15) is 0 Å². The first-order valence-corrected chi connectivity index (χ1v) is 8.84. The lowest BCUT2D eigenvalue weighted by molar-refractivity contribution is 0.295. The first kappa shape index (κ1) is 14.6. The molecule has 124 valence electrons.